The molecule has 1 unspecified atom stereocenters. The van der Waals surface area contributed by atoms with Crippen LogP contribution < -0.4 is 5.73 Å². The number of likely N-dealkylation sites (N-methyl/N-ethyl adjacent to an activating group) is 1. The lowest BCUT2D eigenvalue weighted by molar-refractivity contribution is -0.138. The zero-order chi connectivity index (χ0) is 12.1. The Kier molecular flexibility index (Phi) is 4.39. The third kappa shape index (κ3) is 3.96. The predicted molar refractivity (Wildman–Crippen MR) is 58.3 cm³/mol. The van der Waals surface area contributed by atoms with Crippen LogP contribution in [0.2, 0.25) is 0 Å². The van der Waals surface area contributed by atoms with Gasteiger partial charge >= 0.3 is 5.97 Å². The van der Waals surface area contributed by atoms with Gasteiger partial charge in [0.1, 0.15) is 11.9 Å². The summed E-state index contributed by atoms with van der Waals surface area (Å²) in [5, 5.41) is 8.63. The van der Waals surface area contributed by atoms with Gasteiger partial charge < -0.3 is 10.8 Å². The van der Waals surface area contributed by atoms with E-state index in [9.17, 15) is 9.18 Å². The molecular formula is C11H15FN2O2. The van der Waals surface area contributed by atoms with E-state index < -0.39 is 12.0 Å². The summed E-state index contributed by atoms with van der Waals surface area (Å²) in [5.74, 6) is -1.33. The van der Waals surface area contributed by atoms with Gasteiger partial charge in [0.25, 0.3) is 0 Å². The number of carbonyl (C=O) groups is 1. The molecule has 16 heavy (non-hydrogen) atoms. The molecule has 0 bridgehead atoms. The quantitative estimate of drug-likeness (QED) is 0.774. The van der Waals surface area contributed by atoms with Crippen LogP contribution in [0.1, 0.15) is 5.56 Å². The van der Waals surface area contributed by atoms with Gasteiger partial charge in [0, 0.05) is 13.1 Å². The lowest BCUT2D eigenvalue weighted by Gasteiger charge is -2.18. The summed E-state index contributed by atoms with van der Waals surface area (Å²) in [6.45, 7) is 0.699. The van der Waals surface area contributed by atoms with Gasteiger partial charge in [-0.15, -0.1) is 0 Å². The molecule has 4 nitrogen and oxygen atoms in total. The van der Waals surface area contributed by atoms with Crippen molar-refractivity contribution in [3.8, 4) is 0 Å². The van der Waals surface area contributed by atoms with Crippen molar-refractivity contribution in [2.75, 3.05) is 13.6 Å². The second kappa shape index (κ2) is 5.58. The Balaban J connectivity index is 2.51. The number of hydrogen-bond acceptors (Lipinski definition) is 3. The fourth-order valence-corrected chi connectivity index (χ4v) is 1.43. The van der Waals surface area contributed by atoms with Gasteiger partial charge in [-0.2, -0.15) is 0 Å². The van der Waals surface area contributed by atoms with Crippen LogP contribution in [-0.2, 0) is 11.3 Å². The summed E-state index contributed by atoms with van der Waals surface area (Å²) in [6.07, 6.45) is 0. The molecule has 1 rings (SSSR count). The number of benzene rings is 1. The molecule has 0 amide bonds. The van der Waals surface area contributed by atoms with E-state index in [2.05, 4.69) is 0 Å². The molecule has 0 saturated carbocycles. The van der Waals surface area contributed by atoms with Gasteiger partial charge in [0.2, 0.25) is 0 Å². The smallest absolute Gasteiger partial charge is 0.321 e. The molecule has 0 aliphatic heterocycles. The standard InChI is InChI=1S/C11H15FN2O2/c1-14(7-10(13)11(15)16)6-8-3-2-4-9(12)5-8/h2-5,10H,6-7,13H2,1H3,(H,15,16). The number of nitrogens with two attached hydrogens (primary N) is 1. The predicted octanol–water partition coefficient (Wildman–Crippen LogP) is 0.669. The van der Waals surface area contributed by atoms with Crippen LogP contribution in [-0.4, -0.2) is 35.6 Å². The van der Waals surface area contributed by atoms with Crippen molar-refractivity contribution in [1.29, 1.82) is 0 Å². The van der Waals surface area contributed by atoms with Crippen molar-refractivity contribution in [2.24, 2.45) is 5.73 Å². The van der Waals surface area contributed by atoms with E-state index in [0.717, 1.165) is 5.56 Å². The van der Waals surface area contributed by atoms with E-state index in [-0.39, 0.29) is 12.4 Å². The molecule has 0 spiro atoms. The first kappa shape index (κ1) is 12.6. The van der Waals surface area contributed by atoms with Crippen molar-refractivity contribution < 1.29 is 14.3 Å². The third-order valence-corrected chi connectivity index (χ3v) is 2.17. The summed E-state index contributed by atoms with van der Waals surface area (Å²) >= 11 is 0. The van der Waals surface area contributed by atoms with Crippen LogP contribution >= 0.6 is 0 Å². The van der Waals surface area contributed by atoms with Crippen LogP contribution in [0.3, 0.4) is 0 Å². The Labute approximate surface area is 93.5 Å². The van der Waals surface area contributed by atoms with Crippen molar-refractivity contribution in [2.45, 2.75) is 12.6 Å². The highest BCUT2D eigenvalue weighted by Crippen LogP contribution is 2.06. The fraction of sp³-hybridized carbons (Fsp3) is 0.364. The molecule has 0 aromatic heterocycles. The molecule has 5 heteroatoms. The first-order chi connectivity index (χ1) is 7.49. The van der Waals surface area contributed by atoms with E-state index >= 15 is 0 Å². The van der Waals surface area contributed by atoms with E-state index in [1.54, 1.807) is 24.1 Å². The Morgan fingerprint density at radius 3 is 2.88 bits per heavy atom. The van der Waals surface area contributed by atoms with Crippen LogP contribution in [0, 0.1) is 5.82 Å². The first-order valence-electron chi connectivity index (χ1n) is 4.90. The minimum atomic E-state index is -1.04. The Morgan fingerprint density at radius 2 is 2.31 bits per heavy atom. The molecule has 0 radical (unpaired) electrons. The summed E-state index contributed by atoms with van der Waals surface area (Å²) < 4.78 is 12.9. The van der Waals surface area contributed by atoms with Crippen LogP contribution in [0.4, 0.5) is 4.39 Å². The van der Waals surface area contributed by atoms with Crippen LogP contribution in [0.5, 0.6) is 0 Å². The number of hydrogen-bond donors (Lipinski definition) is 2. The lowest BCUT2D eigenvalue weighted by Crippen LogP contribution is -2.40. The average molecular weight is 226 g/mol. The van der Waals surface area contributed by atoms with Crippen molar-refractivity contribution in [3.63, 3.8) is 0 Å². The number of carboxylic acids is 1. The summed E-state index contributed by atoms with van der Waals surface area (Å²) in [7, 11) is 1.74. The van der Waals surface area contributed by atoms with Gasteiger partial charge in [-0.3, -0.25) is 9.69 Å². The number of carboxylic acid groups (broad SMARTS) is 1. The van der Waals surface area contributed by atoms with Gasteiger partial charge in [0.05, 0.1) is 0 Å². The van der Waals surface area contributed by atoms with Crippen LogP contribution in [0.15, 0.2) is 24.3 Å². The molecule has 0 heterocycles. The maximum atomic E-state index is 12.9. The second-order valence-corrected chi connectivity index (χ2v) is 3.77. The van der Waals surface area contributed by atoms with E-state index in [1.807, 2.05) is 0 Å². The number of nitrogens with zero attached hydrogens (tertiary/aromatic N) is 1. The minimum absolute atomic E-state index is 0.228. The van der Waals surface area contributed by atoms with Crippen molar-refractivity contribution >= 4 is 5.97 Å². The highest BCUT2D eigenvalue weighted by atomic mass is 19.1. The summed E-state index contributed by atoms with van der Waals surface area (Å²) in [6, 6.07) is 5.27. The summed E-state index contributed by atoms with van der Waals surface area (Å²) in [4.78, 5) is 12.3. The molecule has 0 fully saturated rings. The normalized spacial score (nSPS) is 12.8. The molecule has 88 valence electrons. The average Bonchev–Trinajstić information content (AvgIpc) is 2.16. The highest BCUT2D eigenvalue weighted by molar-refractivity contribution is 5.73. The van der Waals surface area contributed by atoms with E-state index in [4.69, 9.17) is 10.8 Å². The maximum absolute atomic E-state index is 12.9. The Morgan fingerprint density at radius 1 is 1.62 bits per heavy atom. The molecule has 0 aliphatic carbocycles. The Hall–Kier alpha value is -1.46. The zero-order valence-corrected chi connectivity index (χ0v) is 9.06. The number of rotatable bonds is 5. The van der Waals surface area contributed by atoms with Crippen molar-refractivity contribution in [3.05, 3.63) is 35.6 Å². The van der Waals surface area contributed by atoms with Gasteiger partial charge in [0.15, 0.2) is 0 Å². The SMILES string of the molecule is CN(Cc1cccc(F)c1)CC(N)C(=O)O. The molecule has 1 aromatic carbocycles. The monoisotopic (exact) mass is 226 g/mol. The second-order valence-electron chi connectivity index (χ2n) is 3.77. The first-order valence-corrected chi connectivity index (χ1v) is 4.90. The third-order valence-electron chi connectivity index (χ3n) is 2.17. The fourth-order valence-electron chi connectivity index (χ4n) is 1.43. The Bertz CT molecular complexity index is 371. The molecule has 3 N–H and O–H groups in total. The van der Waals surface area contributed by atoms with Gasteiger partial charge in [-0.05, 0) is 24.7 Å². The minimum Gasteiger partial charge on any atom is -0.480 e. The highest BCUT2D eigenvalue weighted by Gasteiger charge is 2.14. The molecule has 0 aliphatic rings. The zero-order valence-electron chi connectivity index (χ0n) is 9.06. The van der Waals surface area contributed by atoms with E-state index in [0.29, 0.717) is 6.54 Å². The maximum Gasteiger partial charge on any atom is 0.321 e. The number of halogens is 1. The number of aliphatic carboxylic acids is 1. The van der Waals surface area contributed by atoms with Gasteiger partial charge in [-0.1, -0.05) is 12.1 Å². The molecular weight excluding hydrogens is 211 g/mol. The summed E-state index contributed by atoms with van der Waals surface area (Å²) in [5.41, 5.74) is 6.18. The molecule has 0 saturated heterocycles. The van der Waals surface area contributed by atoms with Crippen LogP contribution in [0.25, 0.3) is 0 Å². The molecule has 1 atom stereocenters. The van der Waals surface area contributed by atoms with Crippen molar-refractivity contribution in [1.82, 2.24) is 4.90 Å². The van der Waals surface area contributed by atoms with E-state index in [1.165, 1.54) is 12.1 Å². The lowest BCUT2D eigenvalue weighted by atomic mass is 10.2. The topological polar surface area (TPSA) is 66.6 Å². The molecule has 1 aromatic rings. The van der Waals surface area contributed by atoms with Gasteiger partial charge in [-0.25, -0.2) is 4.39 Å². The largest absolute Gasteiger partial charge is 0.480 e.